The molecule has 0 fully saturated rings. The Bertz CT molecular complexity index is 2060. The lowest BCUT2D eigenvalue weighted by atomic mass is 10.0. The molecule has 1 unspecified atom stereocenters. The third-order valence-electron chi connectivity index (χ3n) is 6.64. The van der Waals surface area contributed by atoms with Gasteiger partial charge in [-0.3, -0.25) is 4.79 Å². The molecule has 0 saturated carbocycles. The molecule has 0 radical (unpaired) electrons. The zero-order chi connectivity index (χ0) is 33.4. The number of hydrogen-bond donors (Lipinski definition) is 2. The summed E-state index contributed by atoms with van der Waals surface area (Å²) in [4.78, 5) is 31.2. The van der Waals surface area contributed by atoms with Crippen LogP contribution in [0.1, 0.15) is 16.8 Å². The van der Waals surface area contributed by atoms with Crippen LogP contribution in [0.5, 0.6) is 23.3 Å². The van der Waals surface area contributed by atoms with E-state index in [0.717, 1.165) is 18.2 Å². The summed E-state index contributed by atoms with van der Waals surface area (Å²) in [6, 6.07) is 17.0. The van der Waals surface area contributed by atoms with Gasteiger partial charge in [0.05, 0.1) is 26.3 Å². The lowest BCUT2D eigenvalue weighted by Crippen LogP contribution is -2.40. The number of esters is 1. The number of aldehydes is 1. The Kier molecular flexibility index (Phi) is 9.19. The van der Waals surface area contributed by atoms with Gasteiger partial charge in [-0.1, -0.05) is 24.3 Å². The van der Waals surface area contributed by atoms with E-state index in [9.17, 15) is 41.4 Å². The van der Waals surface area contributed by atoms with Crippen LogP contribution in [0.25, 0.3) is 21.8 Å². The molecule has 2 aromatic heterocycles. The number of rotatable bonds is 10. The Morgan fingerprint density at radius 3 is 2.17 bits per heavy atom. The number of hydrogen-bond acceptors (Lipinski definition) is 9. The third-order valence-corrected chi connectivity index (χ3v) is 8.85. The van der Waals surface area contributed by atoms with E-state index in [1.165, 1.54) is 22.8 Å². The first-order chi connectivity index (χ1) is 21.7. The van der Waals surface area contributed by atoms with Crippen LogP contribution in [0.15, 0.2) is 81.7 Å². The van der Waals surface area contributed by atoms with Crippen LogP contribution in [-0.2, 0) is 21.5 Å². The summed E-state index contributed by atoms with van der Waals surface area (Å²) < 4.78 is 77.8. The predicted octanol–water partition coefficient (Wildman–Crippen LogP) is 5.55. The van der Waals surface area contributed by atoms with Crippen molar-refractivity contribution in [2.24, 2.45) is 0 Å². The zero-order valence-electron chi connectivity index (χ0n) is 22.9. The fourth-order valence-electron chi connectivity index (χ4n) is 4.64. The van der Waals surface area contributed by atoms with Gasteiger partial charge in [0.1, 0.15) is 5.39 Å². The fourth-order valence-corrected chi connectivity index (χ4v) is 6.27. The second-order valence-corrected chi connectivity index (χ2v) is 12.8. The molecule has 11 nitrogen and oxygen atoms in total. The smallest absolute Gasteiger partial charge is 0.492 e. The van der Waals surface area contributed by atoms with Crippen molar-refractivity contribution in [1.82, 2.24) is 4.73 Å². The molecule has 0 aliphatic rings. The van der Waals surface area contributed by atoms with Gasteiger partial charge in [-0.15, -0.1) is 4.73 Å². The van der Waals surface area contributed by atoms with Crippen LogP contribution in [0, 0.1) is 0 Å². The monoisotopic (exact) mass is 787 g/mol. The van der Waals surface area contributed by atoms with Crippen molar-refractivity contribution in [1.29, 1.82) is 0 Å². The average molecular weight is 789 g/mol. The van der Waals surface area contributed by atoms with Crippen molar-refractivity contribution in [3.63, 3.8) is 0 Å². The van der Waals surface area contributed by atoms with E-state index < -0.39 is 45.2 Å². The Balaban J connectivity index is 1.71. The van der Waals surface area contributed by atoms with Crippen LogP contribution < -0.4 is 18.3 Å². The first-order valence-corrected chi connectivity index (χ1v) is 16.0. The highest BCUT2D eigenvalue weighted by atomic mass is 79.9. The maximum absolute atomic E-state index is 13.9. The number of halogens is 5. The van der Waals surface area contributed by atoms with Crippen molar-refractivity contribution >= 4 is 76.0 Å². The second kappa shape index (κ2) is 12.8. The van der Waals surface area contributed by atoms with Crippen LogP contribution in [0.3, 0.4) is 0 Å². The topological polar surface area (TPSA) is 145 Å². The fraction of sp³-hybridized carbons (Fsp3) is 0.138. The highest BCUT2D eigenvalue weighted by Crippen LogP contribution is 2.38. The molecule has 5 rings (SSSR count). The number of carbonyl (C=O) groups is 2. The minimum absolute atomic E-state index is 0.0445. The second-order valence-electron chi connectivity index (χ2n) is 9.53. The number of ether oxygens (including phenoxy) is 1. The van der Waals surface area contributed by atoms with Crippen molar-refractivity contribution in [2.75, 3.05) is 0 Å². The summed E-state index contributed by atoms with van der Waals surface area (Å²) >= 11 is 6.58. The number of para-hydroxylation sites is 2. The van der Waals surface area contributed by atoms with Gasteiger partial charge in [-0.25, -0.2) is 4.79 Å². The molecule has 3 aromatic carbocycles. The number of carbonyl (C=O) groups excluding carboxylic acids is 2. The van der Waals surface area contributed by atoms with Gasteiger partial charge in [0.2, 0.25) is 22.8 Å². The normalized spacial score (nSPS) is 12.6. The lowest BCUT2D eigenvalue weighted by molar-refractivity contribution is -0.646. The molecule has 2 N–H and O–H groups in total. The third kappa shape index (κ3) is 6.34. The highest BCUT2D eigenvalue weighted by Gasteiger charge is 2.49. The van der Waals surface area contributed by atoms with Crippen LogP contribution >= 0.6 is 31.9 Å². The van der Waals surface area contributed by atoms with Gasteiger partial charge in [-0.2, -0.15) is 26.2 Å². The largest absolute Gasteiger partial charge is 0.534 e. The standard InChI is InChI=1S/C29H19Br2F3N2O9S/c30-18-6-3-7-19(31)27(18)43-28(40)25-17-5-1-2-8-20(17)35(14-13-16(15-37)44-36-23(38)11-12-24(36)39)21-9-4-10-22(26(21)25)45-46(41,42)29(32,33)34/h1-12,15-16,40H,13-14H2/p+1. The summed E-state index contributed by atoms with van der Waals surface area (Å²) in [5.74, 6) is -2.78. The Hall–Kier alpha value is -4.35. The number of aromatic nitrogens is 2. The molecule has 0 aliphatic carbocycles. The summed E-state index contributed by atoms with van der Waals surface area (Å²) in [5.41, 5.74) is -5.70. The molecule has 5 aromatic rings. The molecule has 2 heterocycles. The summed E-state index contributed by atoms with van der Waals surface area (Å²) in [5, 5.41) is 19.6. The van der Waals surface area contributed by atoms with Gasteiger partial charge in [0.25, 0.3) is 0 Å². The number of nitrogens with zero attached hydrogens (tertiary/aromatic N) is 2. The zero-order valence-corrected chi connectivity index (χ0v) is 26.9. The van der Waals surface area contributed by atoms with Gasteiger partial charge in [-0.05, 0) is 56.1 Å². The number of fused-ring (bicyclic) bond motifs is 2. The molecule has 1 atom stereocenters. The molecule has 0 bridgehead atoms. The van der Waals surface area contributed by atoms with Crippen LogP contribution in [0.4, 0.5) is 13.2 Å². The number of benzene rings is 3. The lowest BCUT2D eigenvalue weighted by Gasteiger charge is -2.17. The summed E-state index contributed by atoms with van der Waals surface area (Å²) in [7, 11) is -6.18. The van der Waals surface area contributed by atoms with Gasteiger partial charge < -0.3 is 24.0 Å². The Morgan fingerprint density at radius 2 is 1.54 bits per heavy atom. The van der Waals surface area contributed by atoms with E-state index in [4.69, 9.17) is 9.57 Å². The molecule has 240 valence electrons. The molecule has 0 amide bonds. The summed E-state index contributed by atoms with van der Waals surface area (Å²) in [6.45, 7) is -0.0935. The predicted molar refractivity (Wildman–Crippen MR) is 163 cm³/mol. The number of pyridine rings is 1. The van der Waals surface area contributed by atoms with E-state index in [0.29, 0.717) is 25.5 Å². The van der Waals surface area contributed by atoms with Gasteiger partial charge in [0, 0.05) is 24.3 Å². The SMILES string of the molecule is O=CC(CC[n+]1c2ccccc2c(C(=O)Oc2c(Br)cccc2Br)c2c(OS(=O)(=O)C(F)(F)F)cccc21)On1c(O)ccc1O. The Morgan fingerprint density at radius 1 is 0.935 bits per heavy atom. The first-order valence-electron chi connectivity index (χ1n) is 13.0. The molecule has 17 heteroatoms. The summed E-state index contributed by atoms with van der Waals surface area (Å²) in [6.07, 6.45) is -0.965. The first kappa shape index (κ1) is 33.0. The van der Waals surface area contributed by atoms with E-state index in [1.54, 1.807) is 36.4 Å². The molecule has 0 saturated heterocycles. The number of aromatic hydroxyl groups is 2. The van der Waals surface area contributed by atoms with E-state index in [1.807, 2.05) is 0 Å². The molecular weight excluding hydrogens is 769 g/mol. The van der Waals surface area contributed by atoms with Gasteiger partial charge >= 0.3 is 21.6 Å². The quantitative estimate of drug-likeness (QED) is 0.0354. The maximum Gasteiger partial charge on any atom is 0.534 e. The molecule has 0 spiro atoms. The van der Waals surface area contributed by atoms with E-state index in [2.05, 4.69) is 36.0 Å². The van der Waals surface area contributed by atoms with Crippen molar-refractivity contribution in [3.8, 4) is 23.3 Å². The maximum atomic E-state index is 13.9. The van der Waals surface area contributed by atoms with Gasteiger partial charge in [0.15, 0.2) is 30.4 Å². The van der Waals surface area contributed by atoms with Crippen molar-refractivity contribution in [2.45, 2.75) is 24.6 Å². The molecular formula is C29H20Br2F3N2O9S+. The highest BCUT2D eigenvalue weighted by molar-refractivity contribution is 9.11. The Labute approximate surface area is 274 Å². The van der Waals surface area contributed by atoms with Crippen molar-refractivity contribution in [3.05, 3.63) is 87.3 Å². The van der Waals surface area contributed by atoms with Crippen molar-refractivity contribution < 1.29 is 59.7 Å². The van der Waals surface area contributed by atoms with E-state index in [-0.39, 0.29) is 40.6 Å². The average Bonchev–Trinajstić information content (AvgIpc) is 3.31. The minimum Gasteiger partial charge on any atom is -0.492 e. The molecule has 46 heavy (non-hydrogen) atoms. The number of aryl methyl sites for hydroxylation is 1. The number of alkyl halides is 3. The van der Waals surface area contributed by atoms with Crippen LogP contribution in [0.2, 0.25) is 0 Å². The molecule has 0 aliphatic heterocycles. The minimum atomic E-state index is -6.18. The van der Waals surface area contributed by atoms with Crippen LogP contribution in [-0.4, -0.2) is 47.2 Å². The van der Waals surface area contributed by atoms with E-state index >= 15 is 0 Å².